The summed E-state index contributed by atoms with van der Waals surface area (Å²) in [5.41, 5.74) is 17.2. The summed E-state index contributed by atoms with van der Waals surface area (Å²) in [6, 6.07) is 47.2. The quantitative estimate of drug-likeness (QED) is 0.0937. The lowest BCUT2D eigenvalue weighted by Crippen LogP contribution is -2.31. The van der Waals surface area contributed by atoms with E-state index in [1.165, 1.54) is 0 Å². The Morgan fingerprint density at radius 1 is 0.507 bits per heavy atom. The van der Waals surface area contributed by atoms with Crippen LogP contribution < -0.4 is 20.1 Å². The summed E-state index contributed by atoms with van der Waals surface area (Å²) in [6.07, 6.45) is 5.53. The lowest BCUT2D eigenvalue weighted by molar-refractivity contribution is -0.111. The second kappa shape index (κ2) is 19.4. The van der Waals surface area contributed by atoms with Crippen LogP contribution in [-0.2, 0) is 4.79 Å². The van der Waals surface area contributed by atoms with Crippen molar-refractivity contribution in [2.45, 2.75) is 62.3 Å². The average molecular weight is 934 g/mol. The predicted molar refractivity (Wildman–Crippen MR) is 290 cm³/mol. The number of nitrogens with zero attached hydrogens (tertiary/aromatic N) is 2. The molecule has 9 rings (SSSR count). The van der Waals surface area contributed by atoms with Crippen molar-refractivity contribution in [3.8, 4) is 0 Å². The largest absolute Gasteiger partial charge is 0.506 e. The number of benzene rings is 7. The van der Waals surface area contributed by atoms with E-state index in [1.54, 1.807) is 36.4 Å². The summed E-state index contributed by atoms with van der Waals surface area (Å²) in [6.45, 7) is 18.4. The van der Waals surface area contributed by atoms with E-state index in [0.29, 0.717) is 33.6 Å². The molecule has 2 amide bonds. The second-order valence-corrected chi connectivity index (χ2v) is 18.9. The lowest BCUT2D eigenvalue weighted by atomic mass is 9.78. The van der Waals surface area contributed by atoms with Crippen LogP contribution in [0.2, 0.25) is 0 Å². The molecule has 2 aliphatic carbocycles. The Labute approximate surface area is 416 Å². The second-order valence-electron chi connectivity index (χ2n) is 18.9. The number of hydrogen-bond acceptors (Lipinski definition) is 5. The molecule has 8 heteroatoms. The van der Waals surface area contributed by atoms with Crippen molar-refractivity contribution in [1.29, 1.82) is 0 Å². The highest BCUT2D eigenvalue weighted by Crippen LogP contribution is 2.46. The number of ketones is 1. The maximum atomic E-state index is 14.9. The maximum absolute atomic E-state index is 14.9. The summed E-state index contributed by atoms with van der Waals surface area (Å²) in [5.74, 6) is -1.44. The van der Waals surface area contributed by atoms with Crippen molar-refractivity contribution in [3.63, 3.8) is 0 Å². The van der Waals surface area contributed by atoms with Crippen molar-refractivity contribution in [3.05, 3.63) is 253 Å². The van der Waals surface area contributed by atoms with Crippen LogP contribution in [0.3, 0.4) is 0 Å². The number of allylic oxidation sites excluding steroid dienone is 5. The molecule has 7 aromatic carbocycles. The van der Waals surface area contributed by atoms with Gasteiger partial charge in [0.05, 0.1) is 22.5 Å². The van der Waals surface area contributed by atoms with Gasteiger partial charge in [-0.2, -0.15) is 4.58 Å². The molecular formula is C63H57N4O4+. The highest BCUT2D eigenvalue weighted by atomic mass is 16.3. The van der Waals surface area contributed by atoms with Gasteiger partial charge in [0.2, 0.25) is 22.9 Å². The fraction of sp³-hybridized carbons (Fsp3) is 0.143. The first kappa shape index (κ1) is 47.4. The standard InChI is InChI=1S/C63H56N4O4/c1-37-10-19-46(20-11-37)62(70)64-53-35-49(66(48-23-14-39(3)15-24-48)55-29-16-40(4)32-43(55)7)25-27-51(53)58-60(68)59(61(58)69)52-28-26-50(36-54(52)65-63(71)47-21-12-38(2)13-22-47)67(56-30-17-41(5)33-44(56)8)57-31-18-42(6)34-45(57)9/h10-36H,1-9H3,(H2,64,65,68,69,70,71)/p+1. The molecule has 0 saturated carbocycles. The zero-order chi connectivity index (χ0) is 50.2. The van der Waals surface area contributed by atoms with E-state index in [4.69, 9.17) is 0 Å². The number of carbonyl (C=O) groups excluding carboxylic acids is 3. The van der Waals surface area contributed by atoms with E-state index in [2.05, 4.69) is 141 Å². The van der Waals surface area contributed by atoms with Crippen molar-refractivity contribution in [2.75, 3.05) is 10.2 Å². The smallest absolute Gasteiger partial charge is 0.255 e. The van der Waals surface area contributed by atoms with Crippen molar-refractivity contribution in [2.24, 2.45) is 0 Å². The summed E-state index contributed by atoms with van der Waals surface area (Å²) >= 11 is 0. The van der Waals surface area contributed by atoms with Gasteiger partial charge in [-0.15, -0.1) is 0 Å². The third-order valence-corrected chi connectivity index (χ3v) is 13.2. The minimum Gasteiger partial charge on any atom is -0.506 e. The zero-order valence-electron chi connectivity index (χ0n) is 41.7. The van der Waals surface area contributed by atoms with Crippen LogP contribution in [0.15, 0.2) is 186 Å². The molecule has 0 radical (unpaired) electrons. The molecule has 352 valence electrons. The number of Topliss-reactive ketones (excluding diaryl/α,β-unsaturated/α-hetero) is 1. The van der Waals surface area contributed by atoms with Crippen molar-refractivity contribution >= 4 is 63.0 Å². The van der Waals surface area contributed by atoms with Crippen LogP contribution in [0.1, 0.15) is 76.4 Å². The van der Waals surface area contributed by atoms with Crippen LogP contribution in [0.4, 0.5) is 34.1 Å². The Morgan fingerprint density at radius 3 is 1.52 bits per heavy atom. The van der Waals surface area contributed by atoms with Gasteiger partial charge in [-0.3, -0.25) is 14.4 Å². The topological polar surface area (TPSA) is 102 Å². The number of aryl methyl sites for hydroxylation is 9. The highest BCUT2D eigenvalue weighted by molar-refractivity contribution is 6.40. The van der Waals surface area contributed by atoms with Gasteiger partial charge >= 0.3 is 0 Å². The molecule has 0 aromatic heterocycles. The molecule has 71 heavy (non-hydrogen) atoms. The number of rotatable bonds is 10. The summed E-state index contributed by atoms with van der Waals surface area (Å²) in [4.78, 5) is 45.4. The number of hydrogen-bond donors (Lipinski definition) is 3. The molecule has 0 saturated heterocycles. The minimum atomic E-state index is -0.440. The van der Waals surface area contributed by atoms with E-state index in [1.807, 2.05) is 69.3 Å². The molecule has 0 aliphatic heterocycles. The molecule has 0 spiro atoms. The molecular weight excluding hydrogens is 877 g/mol. The molecule has 0 unspecified atom stereocenters. The average Bonchev–Trinajstić information content (AvgIpc) is 3.33. The number of anilines is 4. The van der Waals surface area contributed by atoms with Crippen molar-refractivity contribution in [1.82, 2.24) is 9.89 Å². The van der Waals surface area contributed by atoms with Gasteiger partial charge in [0.15, 0.2) is 0 Å². The van der Waals surface area contributed by atoms with Crippen LogP contribution >= 0.6 is 0 Å². The van der Waals surface area contributed by atoms with E-state index in [9.17, 15) is 19.5 Å². The monoisotopic (exact) mass is 933 g/mol. The van der Waals surface area contributed by atoms with Gasteiger partial charge in [0, 0.05) is 75.2 Å². The third-order valence-electron chi connectivity index (χ3n) is 13.2. The van der Waals surface area contributed by atoms with Crippen molar-refractivity contribution < 1.29 is 19.5 Å². The van der Waals surface area contributed by atoms with Gasteiger partial charge in [-0.25, -0.2) is 0 Å². The highest BCUT2D eigenvalue weighted by Gasteiger charge is 2.40. The first-order valence-electron chi connectivity index (χ1n) is 23.8. The molecule has 8 nitrogen and oxygen atoms in total. The van der Waals surface area contributed by atoms with E-state index in [-0.39, 0.29) is 28.7 Å². The van der Waals surface area contributed by atoms with Crippen LogP contribution in [-0.4, -0.2) is 28.4 Å². The molecule has 7 aromatic rings. The fourth-order valence-corrected chi connectivity index (χ4v) is 9.38. The van der Waals surface area contributed by atoms with Crippen LogP contribution in [0.25, 0.3) is 5.57 Å². The molecule has 0 fully saturated rings. The Bertz CT molecular complexity index is 3440. The first-order valence-corrected chi connectivity index (χ1v) is 23.8. The molecule has 0 atom stereocenters. The summed E-state index contributed by atoms with van der Waals surface area (Å²) in [7, 11) is 0. The zero-order valence-corrected chi connectivity index (χ0v) is 41.7. The molecule has 2 aliphatic rings. The normalized spacial score (nSPS) is 15.0. The number of aliphatic hydroxyl groups is 1. The molecule has 3 N–H and O–H groups in total. The van der Waals surface area contributed by atoms with Gasteiger partial charge in [-0.05, 0) is 140 Å². The Morgan fingerprint density at radius 2 is 1.00 bits per heavy atom. The summed E-state index contributed by atoms with van der Waals surface area (Å²) in [5, 5.41) is 18.6. The van der Waals surface area contributed by atoms with E-state index in [0.717, 1.165) is 84.2 Å². The van der Waals surface area contributed by atoms with Gasteiger partial charge in [0.25, 0.3) is 11.8 Å². The first-order chi connectivity index (χ1) is 34.0. The maximum Gasteiger partial charge on any atom is 0.255 e. The van der Waals surface area contributed by atoms with Gasteiger partial charge in [-0.1, -0.05) is 100 Å². The number of amides is 2. The summed E-state index contributed by atoms with van der Waals surface area (Å²) < 4.78 is 2.12. The minimum absolute atomic E-state index is 0.0474. The van der Waals surface area contributed by atoms with Gasteiger partial charge < -0.3 is 20.6 Å². The van der Waals surface area contributed by atoms with Crippen LogP contribution in [0, 0.1) is 62.3 Å². The number of aliphatic hydroxyl groups excluding tert-OH is 1. The Kier molecular flexibility index (Phi) is 13.0. The SMILES string of the molecule is Cc1ccc(C(=O)NC2=CC(=[N+](c3ccc(C)cc3)c3ccc(C)cc3C)C=CC2=C2C(=O)C(c3ccc(N(c4ccc(C)cc4C)c4ccc(C)cc4C)cc3NC(=O)c3ccc(C)cc3)=C2O)cc1. The number of carbonyl (C=O) groups is 3. The number of nitrogens with one attached hydrogen (secondary N) is 2. The van der Waals surface area contributed by atoms with E-state index >= 15 is 0 Å². The predicted octanol–water partition coefficient (Wildman–Crippen LogP) is 14.2. The Hall–Kier alpha value is -8.62. The Balaban J connectivity index is 1.22. The lowest BCUT2D eigenvalue weighted by Gasteiger charge is -2.31. The molecule has 0 bridgehead atoms. The third kappa shape index (κ3) is 9.57. The molecule has 0 heterocycles. The van der Waals surface area contributed by atoms with Gasteiger partial charge in [0.1, 0.15) is 5.76 Å². The van der Waals surface area contributed by atoms with E-state index < -0.39 is 5.78 Å². The van der Waals surface area contributed by atoms with Crippen LogP contribution in [0.5, 0.6) is 0 Å². The fourth-order valence-electron chi connectivity index (χ4n) is 9.38.